The number of ether oxygens (including phenoxy) is 1. The SMILES string of the molecule is Cc1cc(N2C(=O)[C@@H]3[C@H](C2=O)C2(C)CCC3(C)O2)cnc1C#N. The molecule has 0 aliphatic carbocycles. The lowest BCUT2D eigenvalue weighted by molar-refractivity contribution is -0.129. The van der Waals surface area contributed by atoms with Crippen molar-refractivity contribution in [3.05, 3.63) is 23.5 Å². The number of pyridine rings is 1. The molecule has 118 valence electrons. The van der Waals surface area contributed by atoms with E-state index in [2.05, 4.69) is 4.98 Å². The number of aromatic nitrogens is 1. The Hall–Kier alpha value is -2.26. The van der Waals surface area contributed by atoms with Crippen LogP contribution < -0.4 is 4.90 Å². The number of carbonyl (C=O) groups is 2. The van der Waals surface area contributed by atoms with Gasteiger partial charge in [0.2, 0.25) is 11.8 Å². The van der Waals surface area contributed by atoms with E-state index in [1.54, 1.807) is 13.0 Å². The Kier molecular flexibility index (Phi) is 2.60. The average Bonchev–Trinajstić information content (AvgIpc) is 3.04. The van der Waals surface area contributed by atoms with Gasteiger partial charge in [0.15, 0.2) is 0 Å². The van der Waals surface area contributed by atoms with E-state index < -0.39 is 23.0 Å². The van der Waals surface area contributed by atoms with Crippen molar-refractivity contribution in [3.63, 3.8) is 0 Å². The van der Waals surface area contributed by atoms with Crippen LogP contribution in [0.25, 0.3) is 0 Å². The fourth-order valence-electron chi connectivity index (χ4n) is 4.52. The van der Waals surface area contributed by atoms with Gasteiger partial charge in [-0.1, -0.05) is 0 Å². The van der Waals surface area contributed by atoms with Crippen molar-refractivity contribution in [2.24, 2.45) is 11.8 Å². The lowest BCUT2D eigenvalue weighted by atomic mass is 9.69. The standard InChI is InChI=1S/C17H17N3O3/c1-9-6-10(8-19-11(9)7-18)20-14(21)12-13(15(20)22)17(3)5-4-16(12,2)23-17/h6,8,12-13H,4-5H2,1-3H3/t12-,13+,16?,17?. The molecule has 3 saturated heterocycles. The molecule has 6 heteroatoms. The Morgan fingerprint density at radius 3 is 2.30 bits per heavy atom. The van der Waals surface area contributed by atoms with Gasteiger partial charge in [-0.3, -0.25) is 9.59 Å². The van der Waals surface area contributed by atoms with Crippen LogP contribution in [0, 0.1) is 30.1 Å². The maximum atomic E-state index is 12.9. The van der Waals surface area contributed by atoms with Gasteiger partial charge in [0.1, 0.15) is 11.8 Å². The smallest absolute Gasteiger partial charge is 0.240 e. The van der Waals surface area contributed by atoms with E-state index >= 15 is 0 Å². The third-order valence-corrected chi connectivity index (χ3v) is 5.63. The molecule has 3 fully saturated rings. The molecular formula is C17H17N3O3. The summed E-state index contributed by atoms with van der Waals surface area (Å²) >= 11 is 0. The zero-order chi connectivity index (χ0) is 16.6. The van der Waals surface area contributed by atoms with Crippen LogP contribution in [0.4, 0.5) is 5.69 Å². The quantitative estimate of drug-likeness (QED) is 0.737. The molecule has 0 spiro atoms. The first kappa shape index (κ1) is 14.3. The Balaban J connectivity index is 1.79. The number of nitrogens with zero attached hydrogens (tertiary/aromatic N) is 3. The first-order valence-corrected chi connectivity index (χ1v) is 7.75. The number of imide groups is 1. The van der Waals surface area contributed by atoms with E-state index in [4.69, 9.17) is 10.00 Å². The van der Waals surface area contributed by atoms with Crippen LogP contribution in [0.5, 0.6) is 0 Å². The summed E-state index contributed by atoms with van der Waals surface area (Å²) in [6, 6.07) is 3.67. The normalized spacial score (nSPS) is 38.1. The highest BCUT2D eigenvalue weighted by Gasteiger charge is 2.72. The molecule has 1 aromatic rings. The van der Waals surface area contributed by atoms with Crippen molar-refractivity contribution < 1.29 is 14.3 Å². The first-order valence-electron chi connectivity index (χ1n) is 7.75. The van der Waals surface area contributed by atoms with E-state index in [1.807, 2.05) is 19.9 Å². The van der Waals surface area contributed by atoms with E-state index in [0.29, 0.717) is 16.9 Å². The van der Waals surface area contributed by atoms with Gasteiger partial charge in [-0.25, -0.2) is 9.88 Å². The van der Waals surface area contributed by atoms with Crippen LogP contribution in [0.2, 0.25) is 0 Å². The molecule has 4 rings (SSSR count). The molecular weight excluding hydrogens is 294 g/mol. The number of hydrogen-bond donors (Lipinski definition) is 0. The third-order valence-electron chi connectivity index (χ3n) is 5.63. The molecule has 3 aliphatic rings. The number of nitriles is 1. The number of amides is 2. The van der Waals surface area contributed by atoms with Gasteiger partial charge in [0, 0.05) is 0 Å². The van der Waals surface area contributed by atoms with E-state index in [1.165, 1.54) is 11.1 Å². The number of rotatable bonds is 1. The van der Waals surface area contributed by atoms with Crippen LogP contribution >= 0.6 is 0 Å². The minimum Gasteiger partial charge on any atom is -0.367 e. The van der Waals surface area contributed by atoms with Gasteiger partial charge in [0.05, 0.1) is 34.9 Å². The average molecular weight is 311 g/mol. The molecule has 2 amide bonds. The van der Waals surface area contributed by atoms with Crippen molar-refractivity contribution >= 4 is 17.5 Å². The largest absolute Gasteiger partial charge is 0.367 e. The molecule has 6 nitrogen and oxygen atoms in total. The molecule has 0 N–H and O–H groups in total. The number of carbonyl (C=O) groups excluding carboxylic acids is 2. The van der Waals surface area contributed by atoms with Gasteiger partial charge in [-0.2, -0.15) is 5.26 Å². The molecule has 1 aromatic heterocycles. The zero-order valence-electron chi connectivity index (χ0n) is 13.3. The van der Waals surface area contributed by atoms with Gasteiger partial charge in [-0.05, 0) is 45.2 Å². The highest BCUT2D eigenvalue weighted by atomic mass is 16.5. The van der Waals surface area contributed by atoms with Crippen LogP contribution in [-0.4, -0.2) is 28.0 Å². The van der Waals surface area contributed by atoms with Crippen LogP contribution in [-0.2, 0) is 14.3 Å². The van der Waals surface area contributed by atoms with Crippen LogP contribution in [0.1, 0.15) is 37.9 Å². The molecule has 0 saturated carbocycles. The lowest BCUT2D eigenvalue weighted by Gasteiger charge is -2.27. The van der Waals surface area contributed by atoms with Crippen molar-refractivity contribution in [3.8, 4) is 6.07 Å². The summed E-state index contributed by atoms with van der Waals surface area (Å²) in [6.07, 6.45) is 3.01. The summed E-state index contributed by atoms with van der Waals surface area (Å²) in [5.41, 5.74) is 0.276. The molecule has 0 aromatic carbocycles. The van der Waals surface area contributed by atoms with Gasteiger partial charge >= 0.3 is 0 Å². The fourth-order valence-corrected chi connectivity index (χ4v) is 4.52. The van der Waals surface area contributed by atoms with Crippen LogP contribution in [0.15, 0.2) is 12.3 Å². The molecule has 4 atom stereocenters. The third kappa shape index (κ3) is 1.63. The molecule has 2 bridgehead atoms. The highest BCUT2D eigenvalue weighted by molar-refractivity contribution is 6.23. The summed E-state index contributed by atoms with van der Waals surface area (Å²) in [5, 5.41) is 8.98. The summed E-state index contributed by atoms with van der Waals surface area (Å²) in [7, 11) is 0. The first-order chi connectivity index (χ1) is 10.8. The predicted molar refractivity (Wildman–Crippen MR) is 80.3 cm³/mol. The molecule has 4 heterocycles. The van der Waals surface area contributed by atoms with E-state index in [9.17, 15) is 9.59 Å². The topological polar surface area (TPSA) is 83.3 Å². The number of aryl methyl sites for hydroxylation is 1. The van der Waals surface area contributed by atoms with Gasteiger partial charge in [0.25, 0.3) is 0 Å². The maximum Gasteiger partial charge on any atom is 0.240 e. The molecule has 23 heavy (non-hydrogen) atoms. The summed E-state index contributed by atoms with van der Waals surface area (Å²) in [5.74, 6) is -1.27. The highest BCUT2D eigenvalue weighted by Crippen LogP contribution is 2.60. The number of fused-ring (bicyclic) bond motifs is 5. The molecule has 0 radical (unpaired) electrons. The molecule has 2 unspecified atom stereocenters. The fraction of sp³-hybridized carbons (Fsp3) is 0.529. The monoisotopic (exact) mass is 311 g/mol. The summed E-state index contributed by atoms with van der Waals surface area (Å²) in [6.45, 7) is 5.61. The number of hydrogen-bond acceptors (Lipinski definition) is 5. The minimum atomic E-state index is -0.560. The summed E-state index contributed by atoms with van der Waals surface area (Å²) < 4.78 is 6.07. The van der Waals surface area contributed by atoms with Crippen molar-refractivity contribution in [1.29, 1.82) is 5.26 Å². The molecule has 3 aliphatic heterocycles. The van der Waals surface area contributed by atoms with Crippen molar-refractivity contribution in [2.45, 2.75) is 44.8 Å². The Morgan fingerprint density at radius 2 is 1.83 bits per heavy atom. The van der Waals surface area contributed by atoms with Gasteiger partial charge < -0.3 is 4.74 Å². The van der Waals surface area contributed by atoms with E-state index in [0.717, 1.165) is 12.8 Å². The zero-order valence-corrected chi connectivity index (χ0v) is 13.3. The maximum absolute atomic E-state index is 12.9. The van der Waals surface area contributed by atoms with Crippen molar-refractivity contribution in [1.82, 2.24) is 4.98 Å². The van der Waals surface area contributed by atoms with E-state index in [-0.39, 0.29) is 11.8 Å². The minimum absolute atomic E-state index is 0.211. The Morgan fingerprint density at radius 1 is 1.26 bits per heavy atom. The second kappa shape index (κ2) is 4.18. The van der Waals surface area contributed by atoms with Crippen LogP contribution in [0.3, 0.4) is 0 Å². The number of anilines is 1. The van der Waals surface area contributed by atoms with Gasteiger partial charge in [-0.15, -0.1) is 0 Å². The van der Waals surface area contributed by atoms with Crippen molar-refractivity contribution in [2.75, 3.05) is 4.90 Å². The summed E-state index contributed by atoms with van der Waals surface area (Å²) in [4.78, 5) is 31.2. The Bertz CT molecular complexity index is 765. The predicted octanol–water partition coefficient (Wildman–Crippen LogP) is 1.71. The second-order valence-electron chi connectivity index (χ2n) is 7.17. The lowest BCUT2D eigenvalue weighted by Crippen LogP contribution is -2.40. The Labute approximate surface area is 134 Å². The second-order valence-corrected chi connectivity index (χ2v) is 7.17.